The zero-order chi connectivity index (χ0) is 12.1. The van der Waals surface area contributed by atoms with E-state index in [1.807, 2.05) is 18.3 Å². The standard InChI is InChI=1S/C11H11BrN4O/c12-10-9(7-15-16-11(10)17)14-5-3-8-2-1-4-13-6-8/h1-2,4,6-7H,3,5H2,(H2,14,16,17). The first-order valence-electron chi connectivity index (χ1n) is 5.13. The Balaban J connectivity index is 1.95. The van der Waals surface area contributed by atoms with Gasteiger partial charge in [-0.05, 0) is 34.0 Å². The predicted octanol–water partition coefficient (Wildman–Crippen LogP) is 1.58. The molecule has 88 valence electrons. The zero-order valence-electron chi connectivity index (χ0n) is 8.98. The first-order chi connectivity index (χ1) is 8.27. The van der Waals surface area contributed by atoms with Crippen LogP contribution in [0.25, 0.3) is 0 Å². The highest BCUT2D eigenvalue weighted by Crippen LogP contribution is 2.14. The lowest BCUT2D eigenvalue weighted by atomic mass is 10.2. The zero-order valence-corrected chi connectivity index (χ0v) is 10.6. The van der Waals surface area contributed by atoms with Crippen LogP contribution < -0.4 is 10.9 Å². The first-order valence-corrected chi connectivity index (χ1v) is 5.92. The van der Waals surface area contributed by atoms with Gasteiger partial charge in [-0.1, -0.05) is 6.07 Å². The van der Waals surface area contributed by atoms with Crippen molar-refractivity contribution < 1.29 is 0 Å². The maximum atomic E-state index is 11.3. The molecule has 2 aromatic rings. The lowest BCUT2D eigenvalue weighted by Gasteiger charge is -2.06. The van der Waals surface area contributed by atoms with Crippen LogP contribution in [0.15, 0.2) is 40.0 Å². The molecule has 0 aliphatic rings. The third-order valence-electron chi connectivity index (χ3n) is 2.25. The van der Waals surface area contributed by atoms with Crippen LogP contribution in [0.5, 0.6) is 0 Å². The molecule has 0 aliphatic carbocycles. The first kappa shape index (κ1) is 11.8. The van der Waals surface area contributed by atoms with Gasteiger partial charge in [-0.2, -0.15) is 5.10 Å². The molecular weight excluding hydrogens is 284 g/mol. The van der Waals surface area contributed by atoms with Gasteiger partial charge in [0.15, 0.2) is 0 Å². The van der Waals surface area contributed by atoms with Crippen molar-refractivity contribution in [3.8, 4) is 0 Å². The lowest BCUT2D eigenvalue weighted by molar-refractivity contribution is 0.957. The number of rotatable bonds is 4. The molecule has 0 unspecified atom stereocenters. The number of hydrogen-bond acceptors (Lipinski definition) is 4. The molecule has 0 amide bonds. The number of H-pyrrole nitrogens is 1. The molecule has 0 aromatic carbocycles. The number of aromatic amines is 1. The molecule has 0 fully saturated rings. The third kappa shape index (κ3) is 3.13. The second-order valence-corrected chi connectivity index (χ2v) is 4.26. The van der Waals surface area contributed by atoms with Crippen molar-refractivity contribution in [2.75, 3.05) is 11.9 Å². The fourth-order valence-corrected chi connectivity index (χ4v) is 1.73. The van der Waals surface area contributed by atoms with E-state index < -0.39 is 0 Å². The second kappa shape index (κ2) is 5.58. The minimum atomic E-state index is -0.239. The van der Waals surface area contributed by atoms with Crippen molar-refractivity contribution >= 4 is 21.6 Å². The third-order valence-corrected chi connectivity index (χ3v) is 3.03. The van der Waals surface area contributed by atoms with E-state index in [0.717, 1.165) is 18.5 Å². The van der Waals surface area contributed by atoms with Crippen molar-refractivity contribution in [2.24, 2.45) is 0 Å². The van der Waals surface area contributed by atoms with Gasteiger partial charge in [-0.25, -0.2) is 5.10 Å². The smallest absolute Gasteiger partial charge is 0.280 e. The summed E-state index contributed by atoms with van der Waals surface area (Å²) in [5.41, 5.74) is 1.60. The molecule has 0 aliphatic heterocycles. The Morgan fingerprint density at radius 2 is 2.29 bits per heavy atom. The molecule has 2 rings (SSSR count). The van der Waals surface area contributed by atoms with E-state index in [2.05, 4.69) is 36.4 Å². The van der Waals surface area contributed by atoms with Gasteiger partial charge in [0, 0.05) is 18.9 Å². The maximum Gasteiger partial charge on any atom is 0.280 e. The van der Waals surface area contributed by atoms with E-state index in [0.29, 0.717) is 10.2 Å². The summed E-state index contributed by atoms with van der Waals surface area (Å²) in [6, 6.07) is 3.92. The number of pyridine rings is 1. The summed E-state index contributed by atoms with van der Waals surface area (Å²) >= 11 is 3.21. The number of aromatic nitrogens is 3. The van der Waals surface area contributed by atoms with Crippen molar-refractivity contribution in [1.82, 2.24) is 15.2 Å². The maximum absolute atomic E-state index is 11.3. The minimum absolute atomic E-state index is 0.239. The summed E-state index contributed by atoms with van der Waals surface area (Å²) in [6.07, 6.45) is 5.99. The highest BCUT2D eigenvalue weighted by Gasteiger charge is 2.03. The molecule has 2 N–H and O–H groups in total. The van der Waals surface area contributed by atoms with E-state index in [9.17, 15) is 4.79 Å². The van der Waals surface area contributed by atoms with Gasteiger partial charge in [-0.3, -0.25) is 9.78 Å². The van der Waals surface area contributed by atoms with E-state index in [4.69, 9.17) is 0 Å². The van der Waals surface area contributed by atoms with Gasteiger partial charge in [0.05, 0.1) is 11.9 Å². The molecule has 6 heteroatoms. The highest BCUT2D eigenvalue weighted by molar-refractivity contribution is 9.10. The van der Waals surface area contributed by atoms with Gasteiger partial charge in [0.25, 0.3) is 5.56 Å². The fraction of sp³-hybridized carbons (Fsp3) is 0.182. The molecule has 0 bridgehead atoms. The van der Waals surface area contributed by atoms with Crippen molar-refractivity contribution in [3.05, 3.63) is 51.1 Å². The molecule has 0 atom stereocenters. The number of nitrogens with one attached hydrogen (secondary N) is 2. The Hall–Kier alpha value is -1.69. The Bertz CT molecular complexity index is 541. The topological polar surface area (TPSA) is 70.7 Å². The van der Waals surface area contributed by atoms with E-state index in [1.54, 1.807) is 12.4 Å². The Kier molecular flexibility index (Phi) is 3.87. The summed E-state index contributed by atoms with van der Waals surface area (Å²) < 4.78 is 0.471. The number of halogens is 1. The summed E-state index contributed by atoms with van der Waals surface area (Å²) in [5.74, 6) is 0. The molecule has 5 nitrogen and oxygen atoms in total. The Morgan fingerprint density at radius 3 is 3.06 bits per heavy atom. The monoisotopic (exact) mass is 294 g/mol. The van der Waals surface area contributed by atoms with Gasteiger partial charge in [0.2, 0.25) is 0 Å². The summed E-state index contributed by atoms with van der Waals surface area (Å²) in [7, 11) is 0. The fourth-order valence-electron chi connectivity index (χ4n) is 1.39. The normalized spacial score (nSPS) is 10.2. The molecule has 0 spiro atoms. The van der Waals surface area contributed by atoms with E-state index >= 15 is 0 Å². The van der Waals surface area contributed by atoms with Gasteiger partial charge in [-0.15, -0.1) is 0 Å². The molecular formula is C11H11BrN4O. The predicted molar refractivity (Wildman–Crippen MR) is 69.0 cm³/mol. The molecule has 2 heterocycles. The molecule has 0 saturated carbocycles. The summed E-state index contributed by atoms with van der Waals surface area (Å²) in [4.78, 5) is 15.3. The van der Waals surface area contributed by atoms with Gasteiger partial charge < -0.3 is 5.32 Å². The summed E-state index contributed by atoms with van der Waals surface area (Å²) in [5, 5.41) is 9.22. The number of anilines is 1. The van der Waals surface area contributed by atoms with Crippen LogP contribution in [-0.4, -0.2) is 21.7 Å². The second-order valence-electron chi connectivity index (χ2n) is 3.46. The van der Waals surface area contributed by atoms with Gasteiger partial charge in [0.1, 0.15) is 4.47 Å². The Labute approximate surface area is 106 Å². The highest BCUT2D eigenvalue weighted by atomic mass is 79.9. The molecule has 17 heavy (non-hydrogen) atoms. The van der Waals surface area contributed by atoms with Crippen LogP contribution >= 0.6 is 15.9 Å². The van der Waals surface area contributed by atoms with E-state index in [-0.39, 0.29) is 5.56 Å². The van der Waals surface area contributed by atoms with Crippen molar-refractivity contribution in [1.29, 1.82) is 0 Å². The quantitative estimate of drug-likeness (QED) is 0.898. The van der Waals surface area contributed by atoms with E-state index in [1.165, 1.54) is 0 Å². The molecule has 2 aromatic heterocycles. The number of nitrogens with zero attached hydrogens (tertiary/aromatic N) is 2. The van der Waals surface area contributed by atoms with Crippen LogP contribution in [0.1, 0.15) is 5.56 Å². The van der Waals surface area contributed by atoms with Crippen LogP contribution in [0.3, 0.4) is 0 Å². The van der Waals surface area contributed by atoms with Crippen LogP contribution in [0.2, 0.25) is 0 Å². The van der Waals surface area contributed by atoms with Gasteiger partial charge >= 0.3 is 0 Å². The van der Waals surface area contributed by atoms with Crippen molar-refractivity contribution in [3.63, 3.8) is 0 Å². The average Bonchev–Trinajstić information content (AvgIpc) is 2.36. The van der Waals surface area contributed by atoms with Crippen LogP contribution in [0, 0.1) is 0 Å². The minimum Gasteiger partial charge on any atom is -0.382 e. The molecule has 0 saturated heterocycles. The number of hydrogen-bond donors (Lipinski definition) is 2. The largest absolute Gasteiger partial charge is 0.382 e. The van der Waals surface area contributed by atoms with Crippen LogP contribution in [0.4, 0.5) is 5.69 Å². The summed E-state index contributed by atoms with van der Waals surface area (Å²) in [6.45, 7) is 0.718. The molecule has 0 radical (unpaired) electrons. The SMILES string of the molecule is O=c1[nH]ncc(NCCc2cccnc2)c1Br. The van der Waals surface area contributed by atoms with Crippen molar-refractivity contribution in [2.45, 2.75) is 6.42 Å². The van der Waals surface area contributed by atoms with Crippen LogP contribution in [-0.2, 0) is 6.42 Å². The average molecular weight is 295 g/mol. The lowest BCUT2D eigenvalue weighted by Crippen LogP contribution is -2.13. The Morgan fingerprint density at radius 1 is 1.41 bits per heavy atom.